The third-order valence-electron chi connectivity index (χ3n) is 4.15. The number of hydrogen-bond donors (Lipinski definition) is 2. The molecular weight excluding hydrogens is 248 g/mol. The van der Waals surface area contributed by atoms with Crippen LogP contribution in [0.1, 0.15) is 37.7 Å². The largest absolute Gasteiger partial charge is 0.504 e. The molecule has 1 fully saturated rings. The van der Waals surface area contributed by atoms with Gasteiger partial charge in [0.15, 0.2) is 11.5 Å². The van der Waals surface area contributed by atoms with E-state index in [1.165, 1.54) is 0 Å². The Morgan fingerprint density at radius 3 is 2.58 bits per heavy atom. The molecule has 0 saturated heterocycles. The molecule has 1 aliphatic heterocycles. The van der Waals surface area contributed by atoms with Crippen molar-refractivity contribution in [2.45, 2.75) is 37.5 Å². The first-order valence-electron chi connectivity index (χ1n) is 6.50. The molecule has 102 valence electrons. The molecule has 1 saturated carbocycles. The maximum absolute atomic E-state index is 11.7. The Morgan fingerprint density at radius 2 is 1.89 bits per heavy atom. The topological polar surface area (TPSA) is 76.0 Å². The number of aliphatic carboxylic acids is 1. The van der Waals surface area contributed by atoms with Gasteiger partial charge in [0.2, 0.25) is 12.5 Å². The van der Waals surface area contributed by atoms with Crippen molar-refractivity contribution < 1.29 is 24.5 Å². The van der Waals surface area contributed by atoms with E-state index in [0.717, 1.165) is 19.3 Å². The van der Waals surface area contributed by atoms with E-state index in [9.17, 15) is 15.0 Å². The molecule has 0 aromatic heterocycles. The number of phenols is 1. The molecule has 1 heterocycles. The zero-order valence-electron chi connectivity index (χ0n) is 10.5. The van der Waals surface area contributed by atoms with E-state index in [1.54, 1.807) is 12.1 Å². The van der Waals surface area contributed by atoms with Gasteiger partial charge in [-0.05, 0) is 18.9 Å². The summed E-state index contributed by atoms with van der Waals surface area (Å²) >= 11 is 0. The predicted octanol–water partition coefficient (Wildman–Crippen LogP) is 2.41. The number of rotatable bonds is 2. The van der Waals surface area contributed by atoms with Gasteiger partial charge < -0.3 is 19.7 Å². The highest BCUT2D eigenvalue weighted by atomic mass is 16.7. The first-order chi connectivity index (χ1) is 9.15. The Kier molecular flexibility index (Phi) is 2.77. The minimum Gasteiger partial charge on any atom is -0.504 e. The van der Waals surface area contributed by atoms with E-state index in [-0.39, 0.29) is 18.3 Å². The molecule has 5 nitrogen and oxygen atoms in total. The Hall–Kier alpha value is -1.91. The van der Waals surface area contributed by atoms with Crippen LogP contribution in [0.15, 0.2) is 12.1 Å². The van der Waals surface area contributed by atoms with Crippen LogP contribution in [0.2, 0.25) is 0 Å². The smallest absolute Gasteiger partial charge is 0.314 e. The molecule has 0 bridgehead atoms. The second-order valence-corrected chi connectivity index (χ2v) is 5.14. The number of phenolic OH excluding ortho intramolecular Hbond substituents is 1. The average Bonchev–Trinajstić information content (AvgIpc) is 2.89. The molecule has 0 atom stereocenters. The highest BCUT2D eigenvalue weighted by Crippen LogP contribution is 2.50. The van der Waals surface area contributed by atoms with Crippen molar-refractivity contribution in [2.24, 2.45) is 0 Å². The van der Waals surface area contributed by atoms with Gasteiger partial charge in [0.25, 0.3) is 0 Å². The number of benzene rings is 1. The van der Waals surface area contributed by atoms with Crippen molar-refractivity contribution in [1.82, 2.24) is 0 Å². The lowest BCUT2D eigenvalue weighted by molar-refractivity contribution is -0.145. The van der Waals surface area contributed by atoms with E-state index in [2.05, 4.69) is 0 Å². The fourth-order valence-electron chi connectivity index (χ4n) is 3.10. The van der Waals surface area contributed by atoms with Crippen molar-refractivity contribution in [1.29, 1.82) is 0 Å². The molecule has 0 spiro atoms. The summed E-state index contributed by atoms with van der Waals surface area (Å²) in [7, 11) is 0. The molecular formula is C14H16O5. The molecule has 3 rings (SSSR count). The summed E-state index contributed by atoms with van der Waals surface area (Å²) in [5.74, 6) is -0.220. The van der Waals surface area contributed by atoms with Crippen molar-refractivity contribution in [2.75, 3.05) is 6.79 Å². The van der Waals surface area contributed by atoms with Crippen LogP contribution in [0.3, 0.4) is 0 Å². The predicted molar refractivity (Wildman–Crippen MR) is 66.6 cm³/mol. The van der Waals surface area contributed by atoms with Crippen LogP contribution in [-0.2, 0) is 10.2 Å². The molecule has 19 heavy (non-hydrogen) atoms. The van der Waals surface area contributed by atoms with Crippen LogP contribution < -0.4 is 9.47 Å². The molecule has 5 heteroatoms. The Balaban J connectivity index is 2.11. The van der Waals surface area contributed by atoms with Crippen LogP contribution in [-0.4, -0.2) is 23.0 Å². The summed E-state index contributed by atoms with van der Waals surface area (Å²) in [6.07, 6.45) is 3.87. The van der Waals surface area contributed by atoms with Gasteiger partial charge in [-0.25, -0.2) is 0 Å². The van der Waals surface area contributed by atoms with Crippen LogP contribution in [0.4, 0.5) is 0 Å². The van der Waals surface area contributed by atoms with Gasteiger partial charge in [0, 0.05) is 5.56 Å². The van der Waals surface area contributed by atoms with Crippen LogP contribution in [0.5, 0.6) is 17.2 Å². The summed E-state index contributed by atoms with van der Waals surface area (Å²) in [6, 6.07) is 3.33. The van der Waals surface area contributed by atoms with Crippen molar-refractivity contribution in [3.05, 3.63) is 17.7 Å². The number of carboxylic acid groups (broad SMARTS) is 1. The van der Waals surface area contributed by atoms with Crippen LogP contribution in [0.25, 0.3) is 0 Å². The molecule has 1 aliphatic carbocycles. The summed E-state index contributed by atoms with van der Waals surface area (Å²) in [4.78, 5) is 11.7. The lowest BCUT2D eigenvalue weighted by atomic mass is 9.69. The summed E-state index contributed by atoms with van der Waals surface area (Å²) in [5.41, 5.74) is -0.549. The van der Waals surface area contributed by atoms with E-state index >= 15 is 0 Å². The molecule has 1 aromatic rings. The van der Waals surface area contributed by atoms with Gasteiger partial charge in [-0.2, -0.15) is 0 Å². The molecule has 2 N–H and O–H groups in total. The normalized spacial score (nSPS) is 20.2. The fraction of sp³-hybridized carbons (Fsp3) is 0.500. The molecule has 1 aromatic carbocycles. The fourth-order valence-corrected chi connectivity index (χ4v) is 3.10. The Bertz CT molecular complexity index is 517. The highest BCUT2D eigenvalue weighted by Gasteiger charge is 2.44. The van der Waals surface area contributed by atoms with E-state index in [1.807, 2.05) is 0 Å². The number of aromatic hydroxyl groups is 1. The van der Waals surface area contributed by atoms with Crippen molar-refractivity contribution in [3.63, 3.8) is 0 Å². The SMILES string of the molecule is O=C(O)C1(c2ccc3c(c2O)OCO3)CCCCC1. The van der Waals surface area contributed by atoms with Gasteiger partial charge >= 0.3 is 5.97 Å². The van der Waals surface area contributed by atoms with Gasteiger partial charge in [0.1, 0.15) is 0 Å². The molecule has 0 radical (unpaired) electrons. The number of hydrogen-bond acceptors (Lipinski definition) is 4. The van der Waals surface area contributed by atoms with Gasteiger partial charge in [-0.1, -0.05) is 25.3 Å². The number of carboxylic acids is 1. The van der Waals surface area contributed by atoms with Gasteiger partial charge in [-0.15, -0.1) is 0 Å². The van der Waals surface area contributed by atoms with E-state index in [0.29, 0.717) is 24.2 Å². The third kappa shape index (κ3) is 1.72. The molecule has 0 unspecified atom stereocenters. The maximum atomic E-state index is 11.7. The minimum absolute atomic E-state index is 0.0619. The van der Waals surface area contributed by atoms with Crippen molar-refractivity contribution >= 4 is 5.97 Å². The summed E-state index contributed by atoms with van der Waals surface area (Å²) < 4.78 is 10.4. The van der Waals surface area contributed by atoms with Gasteiger partial charge in [-0.3, -0.25) is 4.79 Å². The second kappa shape index (κ2) is 4.33. The Labute approximate surface area is 110 Å². The number of carbonyl (C=O) groups is 1. The second-order valence-electron chi connectivity index (χ2n) is 5.14. The highest BCUT2D eigenvalue weighted by molar-refractivity contribution is 5.83. The zero-order valence-corrected chi connectivity index (χ0v) is 10.5. The minimum atomic E-state index is -0.997. The standard InChI is InChI=1S/C14H16O5/c15-11-9(4-5-10-12(11)19-8-18-10)14(13(16)17)6-2-1-3-7-14/h4-5,15H,1-3,6-8H2,(H,16,17). The zero-order chi connectivity index (χ0) is 13.5. The van der Waals surface area contributed by atoms with E-state index in [4.69, 9.17) is 9.47 Å². The van der Waals surface area contributed by atoms with Gasteiger partial charge in [0.05, 0.1) is 5.41 Å². The third-order valence-corrected chi connectivity index (χ3v) is 4.15. The number of ether oxygens (including phenoxy) is 2. The first kappa shape index (κ1) is 12.1. The maximum Gasteiger partial charge on any atom is 0.314 e. The first-order valence-corrected chi connectivity index (χ1v) is 6.50. The van der Waals surface area contributed by atoms with Crippen LogP contribution in [0, 0.1) is 0 Å². The monoisotopic (exact) mass is 264 g/mol. The summed E-state index contributed by atoms with van der Waals surface area (Å²) in [6.45, 7) is 0.0619. The van der Waals surface area contributed by atoms with Crippen LogP contribution >= 0.6 is 0 Å². The molecule has 2 aliphatic rings. The summed E-state index contributed by atoms with van der Waals surface area (Å²) in [5, 5.41) is 19.9. The van der Waals surface area contributed by atoms with E-state index < -0.39 is 11.4 Å². The molecule has 0 amide bonds. The van der Waals surface area contributed by atoms with Crippen molar-refractivity contribution in [3.8, 4) is 17.2 Å². The lowest BCUT2D eigenvalue weighted by Crippen LogP contribution is -2.37. The lowest BCUT2D eigenvalue weighted by Gasteiger charge is -2.34. The quantitative estimate of drug-likeness (QED) is 0.857. The average molecular weight is 264 g/mol. The number of fused-ring (bicyclic) bond motifs is 1. The Morgan fingerprint density at radius 1 is 1.16 bits per heavy atom.